The minimum absolute atomic E-state index is 0.0542. The maximum Gasteiger partial charge on any atom is 0.266 e. The highest BCUT2D eigenvalue weighted by molar-refractivity contribution is 7.92. The Kier molecular flexibility index (Phi) is 6.50. The molecule has 4 rings (SSSR count). The Balaban J connectivity index is 1.63. The molecule has 0 atom stereocenters. The van der Waals surface area contributed by atoms with Gasteiger partial charge >= 0.3 is 0 Å². The molecule has 0 saturated carbocycles. The van der Waals surface area contributed by atoms with E-state index in [9.17, 15) is 8.42 Å². The van der Waals surface area contributed by atoms with Crippen LogP contribution in [0.2, 0.25) is 0 Å². The van der Waals surface area contributed by atoms with Crippen molar-refractivity contribution in [3.05, 3.63) is 83.4 Å². The number of H-pyrrole nitrogens is 1. The number of aliphatic imine (C=N–C) groups is 1. The van der Waals surface area contributed by atoms with Crippen LogP contribution in [0.5, 0.6) is 0 Å². The van der Waals surface area contributed by atoms with Crippen molar-refractivity contribution < 1.29 is 8.42 Å². The molecule has 0 spiro atoms. The monoisotopic (exact) mass is 462 g/mol. The fourth-order valence-electron chi connectivity index (χ4n) is 3.16. The van der Waals surface area contributed by atoms with Crippen molar-refractivity contribution in [2.45, 2.75) is 25.2 Å². The molecule has 0 bridgehead atoms. The lowest BCUT2D eigenvalue weighted by atomic mass is 10.2. The minimum atomic E-state index is -3.95. The molecular formula is C22H22N8O2S. The molecule has 11 heteroatoms. The Bertz CT molecular complexity index is 1320. The van der Waals surface area contributed by atoms with Gasteiger partial charge in [-0.1, -0.05) is 35.5 Å². The van der Waals surface area contributed by atoms with Gasteiger partial charge in [-0.15, -0.1) is 10.2 Å². The molecule has 168 valence electrons. The molecule has 1 N–H and O–H groups in total. The summed E-state index contributed by atoms with van der Waals surface area (Å²) in [6.07, 6.45) is 1.97. The van der Waals surface area contributed by atoms with E-state index in [-0.39, 0.29) is 23.8 Å². The first-order chi connectivity index (χ1) is 15.9. The highest BCUT2D eigenvalue weighted by Crippen LogP contribution is 2.24. The Hall–Kier alpha value is -3.99. The molecule has 2 heterocycles. The van der Waals surface area contributed by atoms with Crippen LogP contribution < -0.4 is 4.31 Å². The van der Waals surface area contributed by atoms with Crippen molar-refractivity contribution in [3.8, 4) is 0 Å². The van der Waals surface area contributed by atoms with Crippen LogP contribution in [0.1, 0.15) is 22.8 Å². The molecular weight excluding hydrogens is 440 g/mol. The van der Waals surface area contributed by atoms with E-state index in [0.717, 1.165) is 5.56 Å². The summed E-state index contributed by atoms with van der Waals surface area (Å²) in [5.74, 6) is 0.493. The van der Waals surface area contributed by atoms with E-state index in [0.29, 0.717) is 22.9 Å². The highest BCUT2D eigenvalue weighted by Gasteiger charge is 2.28. The van der Waals surface area contributed by atoms with Gasteiger partial charge < -0.3 is 0 Å². The van der Waals surface area contributed by atoms with Gasteiger partial charge in [-0.2, -0.15) is 5.21 Å². The first-order valence-electron chi connectivity index (χ1n) is 10.2. The van der Waals surface area contributed by atoms with E-state index in [1.807, 2.05) is 30.3 Å². The fraction of sp³-hybridized carbons (Fsp3) is 0.182. The van der Waals surface area contributed by atoms with E-state index in [1.54, 1.807) is 38.3 Å². The van der Waals surface area contributed by atoms with Crippen molar-refractivity contribution in [2.75, 3.05) is 10.8 Å². The number of anilines is 1. The summed E-state index contributed by atoms with van der Waals surface area (Å²) in [7, 11) is -3.95. The van der Waals surface area contributed by atoms with Crippen molar-refractivity contribution >= 4 is 27.9 Å². The van der Waals surface area contributed by atoms with Crippen LogP contribution >= 0.6 is 0 Å². The number of benzene rings is 2. The third-order valence-electron chi connectivity index (χ3n) is 4.71. The van der Waals surface area contributed by atoms with Gasteiger partial charge in [0.15, 0.2) is 5.82 Å². The second-order valence-electron chi connectivity index (χ2n) is 7.27. The summed E-state index contributed by atoms with van der Waals surface area (Å²) in [5, 5.41) is 13.7. The van der Waals surface area contributed by atoms with Crippen LogP contribution in [0.25, 0.3) is 0 Å². The van der Waals surface area contributed by atoms with Gasteiger partial charge in [-0.3, -0.25) is 4.99 Å². The quantitative estimate of drug-likeness (QED) is 0.398. The maximum atomic E-state index is 13.5. The van der Waals surface area contributed by atoms with Crippen molar-refractivity contribution in [1.82, 2.24) is 30.6 Å². The molecule has 0 unspecified atom stereocenters. The van der Waals surface area contributed by atoms with Gasteiger partial charge in [-0.25, -0.2) is 22.7 Å². The first kappa shape index (κ1) is 22.2. The molecule has 2 aromatic heterocycles. The molecule has 0 aliphatic carbocycles. The summed E-state index contributed by atoms with van der Waals surface area (Å²) in [4.78, 5) is 13.2. The predicted molar refractivity (Wildman–Crippen MR) is 124 cm³/mol. The molecule has 0 fully saturated rings. The van der Waals surface area contributed by atoms with Gasteiger partial charge in [-0.05, 0) is 49.7 Å². The summed E-state index contributed by atoms with van der Waals surface area (Å²) in [6.45, 7) is 3.64. The summed E-state index contributed by atoms with van der Waals surface area (Å²) in [6, 6.07) is 17.8. The molecule has 0 saturated heterocycles. The summed E-state index contributed by atoms with van der Waals surface area (Å²) in [5.41, 5.74) is 2.93. The Labute approximate surface area is 191 Å². The maximum absolute atomic E-state index is 13.5. The number of aromatic nitrogens is 6. The molecule has 0 aliphatic heterocycles. The lowest BCUT2D eigenvalue weighted by Crippen LogP contribution is -2.35. The van der Waals surface area contributed by atoms with Crippen molar-refractivity contribution in [1.29, 1.82) is 0 Å². The van der Waals surface area contributed by atoms with Gasteiger partial charge in [0.05, 0.1) is 10.6 Å². The lowest BCUT2D eigenvalue weighted by molar-refractivity contribution is 0.588. The van der Waals surface area contributed by atoms with E-state index >= 15 is 0 Å². The topological polar surface area (TPSA) is 130 Å². The number of rotatable bonds is 8. The molecule has 0 amide bonds. The zero-order chi connectivity index (χ0) is 23.3. The Morgan fingerprint density at radius 3 is 2.33 bits per heavy atom. The molecule has 10 nitrogen and oxygen atoms in total. The number of tetrazole rings is 1. The average Bonchev–Trinajstić information content (AvgIpc) is 3.32. The zero-order valence-corrected chi connectivity index (χ0v) is 18.9. The fourth-order valence-corrected chi connectivity index (χ4v) is 4.52. The largest absolute Gasteiger partial charge is 0.266 e. The van der Waals surface area contributed by atoms with E-state index in [4.69, 9.17) is 0 Å². The van der Waals surface area contributed by atoms with Crippen LogP contribution in [0.15, 0.2) is 70.6 Å². The first-order valence-corrected chi connectivity index (χ1v) is 11.6. The van der Waals surface area contributed by atoms with Crippen molar-refractivity contribution in [3.63, 3.8) is 0 Å². The van der Waals surface area contributed by atoms with Crippen LogP contribution in [0.4, 0.5) is 11.6 Å². The molecule has 4 aromatic rings. The average molecular weight is 463 g/mol. The normalized spacial score (nSPS) is 11.7. The Morgan fingerprint density at radius 1 is 1.00 bits per heavy atom. The minimum Gasteiger partial charge on any atom is -0.256 e. The van der Waals surface area contributed by atoms with Crippen LogP contribution in [0.3, 0.4) is 0 Å². The summed E-state index contributed by atoms with van der Waals surface area (Å²) < 4.78 is 28.3. The van der Waals surface area contributed by atoms with Crippen LogP contribution in [-0.2, 0) is 16.4 Å². The van der Waals surface area contributed by atoms with Gasteiger partial charge in [0, 0.05) is 30.6 Å². The number of nitrogens with zero attached hydrogens (tertiary/aromatic N) is 7. The van der Waals surface area contributed by atoms with Crippen molar-refractivity contribution in [2.24, 2.45) is 4.99 Å². The van der Waals surface area contributed by atoms with E-state index in [1.165, 1.54) is 16.4 Å². The smallest absolute Gasteiger partial charge is 0.256 e. The number of aryl methyl sites for hydroxylation is 2. The second-order valence-corrected chi connectivity index (χ2v) is 9.13. The SMILES string of the molecule is Cc1cc(C)nc(N(CCc2nn[nH]n2)S(=O)(=O)c2ccc(N=Cc3ccccc3)cc2)n1. The zero-order valence-electron chi connectivity index (χ0n) is 18.1. The van der Waals surface area contributed by atoms with Crippen LogP contribution in [0, 0.1) is 13.8 Å². The van der Waals surface area contributed by atoms with Gasteiger partial charge in [0.25, 0.3) is 10.0 Å². The molecule has 2 aromatic carbocycles. The summed E-state index contributed by atoms with van der Waals surface area (Å²) >= 11 is 0. The van der Waals surface area contributed by atoms with E-state index in [2.05, 4.69) is 35.6 Å². The molecule has 33 heavy (non-hydrogen) atoms. The van der Waals surface area contributed by atoms with Gasteiger partial charge in [0.1, 0.15) is 0 Å². The third-order valence-corrected chi connectivity index (χ3v) is 6.50. The molecule has 0 aliphatic rings. The number of nitrogens with one attached hydrogen (secondary N) is 1. The highest BCUT2D eigenvalue weighted by atomic mass is 32.2. The predicted octanol–water partition coefficient (Wildman–Crippen LogP) is 2.80. The number of aromatic amines is 1. The Morgan fingerprint density at radius 2 is 1.70 bits per heavy atom. The second kappa shape index (κ2) is 9.65. The number of hydrogen-bond donors (Lipinski definition) is 1. The lowest BCUT2D eigenvalue weighted by Gasteiger charge is -2.22. The van der Waals surface area contributed by atoms with Crippen LogP contribution in [-0.4, -0.2) is 51.8 Å². The van der Waals surface area contributed by atoms with Gasteiger partial charge in [0.2, 0.25) is 5.95 Å². The number of hydrogen-bond acceptors (Lipinski definition) is 8. The van der Waals surface area contributed by atoms with E-state index < -0.39 is 10.0 Å². The standard InChI is InChI=1S/C22H22N8O2S/c1-16-14-17(2)25-22(24-16)30(13-12-21-26-28-29-27-21)33(31,32)20-10-8-19(9-11-20)23-15-18-6-4-3-5-7-18/h3-11,14-15H,12-13H2,1-2H3,(H,26,27,28,29). The molecule has 0 radical (unpaired) electrons. The third kappa shape index (κ3) is 5.44. The number of sulfonamides is 1.